The molecule has 0 unspecified atom stereocenters. The molecule has 1 aromatic carbocycles. The van der Waals surface area contributed by atoms with Crippen LogP contribution in [0.1, 0.15) is 24.0 Å². The van der Waals surface area contributed by atoms with Crippen molar-refractivity contribution in [3.8, 4) is 11.5 Å². The Labute approximate surface area is 129 Å². The Morgan fingerprint density at radius 3 is 3.05 bits per heavy atom. The fraction of sp³-hybridized carbons (Fsp3) is 0.471. The van der Waals surface area contributed by atoms with Gasteiger partial charge in [-0.25, -0.2) is 0 Å². The van der Waals surface area contributed by atoms with Gasteiger partial charge in [0.2, 0.25) is 5.91 Å². The molecule has 22 heavy (non-hydrogen) atoms. The molecule has 1 amide bonds. The number of nitrogens with zero attached hydrogens (tertiary/aromatic N) is 1. The van der Waals surface area contributed by atoms with E-state index in [0.717, 1.165) is 16.9 Å². The van der Waals surface area contributed by atoms with Crippen molar-refractivity contribution in [3.63, 3.8) is 0 Å². The average molecular weight is 301 g/mol. The van der Waals surface area contributed by atoms with Crippen LogP contribution in [0.4, 0.5) is 0 Å². The Morgan fingerprint density at radius 2 is 2.27 bits per heavy atom. The van der Waals surface area contributed by atoms with E-state index in [4.69, 9.17) is 9.47 Å². The van der Waals surface area contributed by atoms with E-state index in [0.29, 0.717) is 25.1 Å². The van der Waals surface area contributed by atoms with Crippen LogP contribution in [0.25, 0.3) is 0 Å². The van der Waals surface area contributed by atoms with Crippen LogP contribution < -0.4 is 9.47 Å². The minimum absolute atomic E-state index is 0.0951. The number of methoxy groups -OCH3 is 1. The van der Waals surface area contributed by atoms with E-state index in [-0.39, 0.29) is 12.0 Å². The van der Waals surface area contributed by atoms with Crippen molar-refractivity contribution in [2.75, 3.05) is 14.2 Å². The van der Waals surface area contributed by atoms with Crippen molar-refractivity contribution >= 4 is 5.91 Å². The quantitative estimate of drug-likeness (QED) is 0.796. The lowest BCUT2D eigenvalue weighted by Gasteiger charge is -2.35. The highest BCUT2D eigenvalue weighted by atomic mass is 16.5. The van der Waals surface area contributed by atoms with Gasteiger partial charge in [-0.2, -0.15) is 0 Å². The van der Waals surface area contributed by atoms with Gasteiger partial charge >= 0.3 is 0 Å². The van der Waals surface area contributed by atoms with Gasteiger partial charge < -0.3 is 19.5 Å². The maximum atomic E-state index is 12.5. The summed E-state index contributed by atoms with van der Waals surface area (Å²) in [4.78, 5) is 14.3. The van der Waals surface area contributed by atoms with Crippen molar-refractivity contribution in [1.29, 1.82) is 0 Å². The van der Waals surface area contributed by atoms with Gasteiger partial charge in [0.05, 0.1) is 18.6 Å². The van der Waals surface area contributed by atoms with E-state index in [1.165, 1.54) is 0 Å². The summed E-state index contributed by atoms with van der Waals surface area (Å²) in [6.45, 7) is 0.569. The molecule has 2 heterocycles. The summed E-state index contributed by atoms with van der Waals surface area (Å²) in [5.41, 5.74) is 1.66. The summed E-state index contributed by atoms with van der Waals surface area (Å²) in [5.74, 6) is 1.51. The van der Waals surface area contributed by atoms with Gasteiger partial charge in [0.1, 0.15) is 6.10 Å². The zero-order chi connectivity index (χ0) is 15.5. The van der Waals surface area contributed by atoms with Gasteiger partial charge in [-0.05, 0) is 11.6 Å². The molecule has 4 rings (SSSR count). The second-order valence-electron chi connectivity index (χ2n) is 6.37. The molecule has 3 atom stereocenters. The molecule has 0 aromatic heterocycles. The molecule has 0 saturated heterocycles. The average Bonchev–Trinajstić information content (AvgIpc) is 2.76. The van der Waals surface area contributed by atoms with Crippen LogP contribution in [0.5, 0.6) is 11.5 Å². The third-order valence-electron chi connectivity index (χ3n) is 5.08. The van der Waals surface area contributed by atoms with Gasteiger partial charge in [-0.3, -0.25) is 4.79 Å². The number of amides is 1. The summed E-state index contributed by atoms with van der Waals surface area (Å²) in [6, 6.07) is 3.90. The number of benzene rings is 1. The first kappa shape index (κ1) is 13.6. The number of ether oxygens (including phenoxy) is 2. The zero-order valence-electron chi connectivity index (χ0n) is 12.7. The summed E-state index contributed by atoms with van der Waals surface area (Å²) < 4.78 is 11.6. The van der Waals surface area contributed by atoms with E-state index in [1.54, 1.807) is 18.1 Å². The molecule has 0 saturated carbocycles. The van der Waals surface area contributed by atoms with Crippen LogP contribution in [-0.2, 0) is 16.8 Å². The van der Waals surface area contributed by atoms with Crippen molar-refractivity contribution in [2.45, 2.75) is 37.0 Å². The Balaban J connectivity index is 1.98. The Hall–Kier alpha value is -2.01. The van der Waals surface area contributed by atoms with Crippen molar-refractivity contribution in [3.05, 3.63) is 35.4 Å². The lowest BCUT2D eigenvalue weighted by atomic mass is 9.69. The van der Waals surface area contributed by atoms with E-state index in [9.17, 15) is 9.90 Å². The molecule has 0 radical (unpaired) electrons. The normalized spacial score (nSPS) is 32.1. The highest BCUT2D eigenvalue weighted by molar-refractivity contribution is 5.81. The predicted molar refractivity (Wildman–Crippen MR) is 79.9 cm³/mol. The largest absolute Gasteiger partial charge is 0.493 e. The van der Waals surface area contributed by atoms with Crippen LogP contribution in [0.15, 0.2) is 24.3 Å². The van der Waals surface area contributed by atoms with E-state index < -0.39 is 11.5 Å². The molecular weight excluding hydrogens is 282 g/mol. The van der Waals surface area contributed by atoms with Gasteiger partial charge in [0, 0.05) is 32.0 Å². The third-order valence-corrected chi connectivity index (χ3v) is 5.08. The minimum Gasteiger partial charge on any atom is -0.493 e. The number of hydrogen-bond donors (Lipinski definition) is 1. The monoisotopic (exact) mass is 301 g/mol. The molecule has 1 aliphatic carbocycles. The van der Waals surface area contributed by atoms with E-state index in [1.807, 2.05) is 25.3 Å². The Kier molecular flexibility index (Phi) is 2.78. The lowest BCUT2D eigenvalue weighted by molar-refractivity contribution is -0.131. The van der Waals surface area contributed by atoms with Gasteiger partial charge in [0.25, 0.3) is 0 Å². The number of hydrogen-bond acceptors (Lipinski definition) is 4. The fourth-order valence-electron chi connectivity index (χ4n) is 3.95. The minimum atomic E-state index is -0.532. The van der Waals surface area contributed by atoms with Crippen molar-refractivity contribution in [1.82, 2.24) is 4.90 Å². The molecule has 5 heteroatoms. The summed E-state index contributed by atoms with van der Waals surface area (Å²) in [6.07, 6.45) is 3.85. The molecule has 3 aliphatic rings. The highest BCUT2D eigenvalue weighted by Crippen LogP contribution is 2.55. The summed E-state index contributed by atoms with van der Waals surface area (Å²) in [7, 11) is 3.45. The molecule has 1 N–H and O–H groups in total. The van der Waals surface area contributed by atoms with Crippen LogP contribution in [-0.4, -0.2) is 42.3 Å². The molecule has 2 aliphatic heterocycles. The van der Waals surface area contributed by atoms with Crippen LogP contribution in [0, 0.1) is 0 Å². The second kappa shape index (κ2) is 4.49. The second-order valence-corrected chi connectivity index (χ2v) is 6.37. The van der Waals surface area contributed by atoms with Gasteiger partial charge in [-0.15, -0.1) is 0 Å². The maximum Gasteiger partial charge on any atom is 0.223 e. The van der Waals surface area contributed by atoms with E-state index in [2.05, 4.69) is 0 Å². The molecule has 1 spiro atoms. The molecule has 116 valence electrons. The maximum absolute atomic E-state index is 12.5. The standard InChI is InChI=1S/C17H19NO4/c1-18-9-10-3-4-12(21-2)16-15(10)17(8-14(18)20)6-5-11(19)7-13(17)22-16/h3-6,11,13,19H,7-9H2,1-2H3/t11-,13-,17-/m0/s1. The smallest absolute Gasteiger partial charge is 0.223 e. The Morgan fingerprint density at radius 1 is 1.45 bits per heavy atom. The van der Waals surface area contributed by atoms with Crippen LogP contribution in [0.3, 0.4) is 0 Å². The third kappa shape index (κ3) is 1.66. The first-order valence-corrected chi connectivity index (χ1v) is 7.53. The fourth-order valence-corrected chi connectivity index (χ4v) is 3.95. The number of carbonyl (C=O) groups excluding carboxylic acids is 1. The first-order chi connectivity index (χ1) is 10.5. The van der Waals surface area contributed by atoms with Crippen molar-refractivity contribution in [2.24, 2.45) is 0 Å². The van der Waals surface area contributed by atoms with E-state index >= 15 is 0 Å². The molecule has 1 aromatic rings. The topological polar surface area (TPSA) is 59.0 Å². The highest BCUT2D eigenvalue weighted by Gasteiger charge is 2.54. The summed E-state index contributed by atoms with van der Waals surface area (Å²) >= 11 is 0. The number of aliphatic hydroxyl groups is 1. The first-order valence-electron chi connectivity index (χ1n) is 7.53. The lowest BCUT2D eigenvalue weighted by Crippen LogP contribution is -2.44. The van der Waals surface area contributed by atoms with Crippen LogP contribution in [0.2, 0.25) is 0 Å². The zero-order valence-corrected chi connectivity index (χ0v) is 12.7. The number of aliphatic hydroxyl groups excluding tert-OH is 1. The van der Waals surface area contributed by atoms with Gasteiger partial charge in [0.15, 0.2) is 11.5 Å². The SMILES string of the molecule is COc1ccc2c3c1O[C@H]1C[C@@H](O)C=C[C@@]31CC(=O)N(C)C2. The number of carbonyl (C=O) groups is 1. The van der Waals surface area contributed by atoms with Gasteiger partial charge in [-0.1, -0.05) is 18.2 Å². The predicted octanol–water partition coefficient (Wildman–Crippen LogP) is 1.38. The molecule has 0 fully saturated rings. The number of rotatable bonds is 1. The van der Waals surface area contributed by atoms with Crippen molar-refractivity contribution < 1.29 is 19.4 Å². The van der Waals surface area contributed by atoms with Crippen LogP contribution >= 0.6 is 0 Å². The molecule has 5 nitrogen and oxygen atoms in total. The molecular formula is C17H19NO4. The summed E-state index contributed by atoms with van der Waals surface area (Å²) in [5, 5.41) is 9.95. The Bertz CT molecular complexity index is 683. The molecule has 0 bridgehead atoms.